The van der Waals surface area contributed by atoms with E-state index in [1.807, 2.05) is 33.3 Å². The lowest BCUT2D eigenvalue weighted by Crippen LogP contribution is -2.47. The number of hydrogen-bond acceptors (Lipinski definition) is 6. The number of quaternary nitrogens is 1. The van der Waals surface area contributed by atoms with Gasteiger partial charge in [0, 0.05) is 12.8 Å². The summed E-state index contributed by atoms with van der Waals surface area (Å²) in [6.45, 7) is 6.81. The second kappa shape index (κ2) is 46.2. The smallest absolute Gasteiger partial charge is 0.456 e. The van der Waals surface area contributed by atoms with Crippen LogP contribution in [0.2, 0.25) is 0 Å². The largest absolute Gasteiger partial charge is 0.472 e. The van der Waals surface area contributed by atoms with Gasteiger partial charge in [-0.15, -0.1) is 0 Å². The first-order valence-corrected chi connectivity index (χ1v) is 28.3. The highest BCUT2D eigenvalue weighted by Crippen LogP contribution is 2.43. The topological polar surface area (TPSA) is 111 Å². The highest BCUT2D eigenvalue weighted by atomic mass is 31.2. The summed E-state index contributed by atoms with van der Waals surface area (Å²) in [6, 6.07) is -0.865. The van der Waals surface area contributed by atoms with Crippen molar-refractivity contribution in [3.8, 4) is 0 Å². The monoisotopic (exact) mass is 946 g/mol. The molecule has 3 atom stereocenters. The number of rotatable bonds is 47. The van der Waals surface area contributed by atoms with Crippen LogP contribution >= 0.6 is 7.82 Å². The first-order valence-electron chi connectivity index (χ1n) is 26.8. The summed E-state index contributed by atoms with van der Waals surface area (Å²) < 4.78 is 30.5. The van der Waals surface area contributed by atoms with Crippen LogP contribution in [0.5, 0.6) is 0 Å². The van der Waals surface area contributed by atoms with Crippen LogP contribution in [0, 0.1) is 0 Å². The van der Waals surface area contributed by atoms with E-state index in [1.54, 1.807) is 0 Å². The number of nitrogens with one attached hydrogen (secondary N) is 1. The SMILES string of the molecule is CC/C=C/C/C=C/C/C=C/CCCCCCC(=O)NC(COP(=O)(O)OCC[N+](C)(C)C)C(/C=C/CCCCCCCCCCC)OC(=O)CCCCCCCC/C=C/C=C/CCCCC. The quantitative estimate of drug-likeness (QED) is 0.0156. The standard InChI is InChI=1S/C56H101N2O7P/c1-7-10-13-16-19-22-25-27-29-31-34-37-40-43-46-49-56(60)65-54(47-44-41-38-35-32-24-21-18-15-12-9-3)53(52-64-66(61,62)63-51-50-58(4,5)6)57-55(59)48-45-42-39-36-33-30-28-26-23-20-17-14-11-8-2/h11,14,19-20,22-23,25,27-28,30,44,47,53-54H,7-10,12-13,15-18,21,24,26,29,31-43,45-46,48-52H2,1-6H3,(H-,57,59,61,62)/p+1/b14-11+,22-19+,23-20+,27-25+,30-28+,47-44+. The van der Waals surface area contributed by atoms with Crippen LogP contribution in [0.3, 0.4) is 0 Å². The van der Waals surface area contributed by atoms with Gasteiger partial charge in [0.05, 0.1) is 33.8 Å². The predicted molar refractivity (Wildman–Crippen MR) is 281 cm³/mol. The molecule has 2 N–H and O–H groups in total. The lowest BCUT2D eigenvalue weighted by Gasteiger charge is -2.27. The third-order valence-electron chi connectivity index (χ3n) is 11.4. The summed E-state index contributed by atoms with van der Waals surface area (Å²) in [5.74, 6) is -0.550. The molecule has 0 saturated carbocycles. The number of nitrogens with zero attached hydrogens (tertiary/aromatic N) is 1. The van der Waals surface area contributed by atoms with Crippen molar-refractivity contribution in [1.82, 2.24) is 5.32 Å². The van der Waals surface area contributed by atoms with Gasteiger partial charge in [0.2, 0.25) is 5.91 Å². The molecule has 382 valence electrons. The van der Waals surface area contributed by atoms with Crippen molar-refractivity contribution < 1.29 is 37.3 Å². The van der Waals surface area contributed by atoms with Crippen LogP contribution in [0.25, 0.3) is 0 Å². The number of ether oxygens (including phenoxy) is 1. The molecule has 0 aliphatic rings. The summed E-state index contributed by atoms with van der Waals surface area (Å²) in [6.07, 6.45) is 57.5. The zero-order valence-corrected chi connectivity index (χ0v) is 44.3. The summed E-state index contributed by atoms with van der Waals surface area (Å²) in [7, 11) is 1.46. The Morgan fingerprint density at radius 1 is 0.561 bits per heavy atom. The maximum atomic E-state index is 13.4. The molecule has 1 amide bonds. The molecule has 9 nitrogen and oxygen atoms in total. The van der Waals surface area contributed by atoms with E-state index in [1.165, 1.54) is 77.0 Å². The first-order chi connectivity index (χ1) is 31.9. The Hall–Kier alpha value is -2.55. The Balaban J connectivity index is 5.45. The van der Waals surface area contributed by atoms with E-state index in [9.17, 15) is 19.0 Å². The number of carbonyl (C=O) groups excluding carboxylic acids is 2. The van der Waals surface area contributed by atoms with Gasteiger partial charge in [0.25, 0.3) is 0 Å². The Bertz CT molecular complexity index is 1370. The average molecular weight is 946 g/mol. The third kappa shape index (κ3) is 46.6. The number of amides is 1. The molecule has 0 spiro atoms. The van der Waals surface area contributed by atoms with Crippen LogP contribution in [-0.2, 0) is 27.9 Å². The van der Waals surface area contributed by atoms with Gasteiger partial charge in [-0.1, -0.05) is 190 Å². The molecule has 3 unspecified atom stereocenters. The minimum absolute atomic E-state index is 0.0308. The Morgan fingerprint density at radius 2 is 1.02 bits per heavy atom. The predicted octanol–water partition coefficient (Wildman–Crippen LogP) is 15.7. The number of phosphoric ester groups is 1. The highest BCUT2D eigenvalue weighted by molar-refractivity contribution is 7.47. The molecule has 10 heteroatoms. The Morgan fingerprint density at radius 3 is 1.58 bits per heavy atom. The summed E-state index contributed by atoms with van der Waals surface area (Å²) in [5, 5.41) is 3.02. The number of esters is 1. The molecule has 0 aromatic carbocycles. The fourth-order valence-electron chi connectivity index (χ4n) is 7.24. The maximum absolute atomic E-state index is 13.4. The van der Waals surface area contributed by atoms with Crippen LogP contribution in [0.4, 0.5) is 0 Å². The Kier molecular flexibility index (Phi) is 44.4. The van der Waals surface area contributed by atoms with Gasteiger partial charge in [-0.05, 0) is 89.5 Å². The van der Waals surface area contributed by atoms with Crippen molar-refractivity contribution in [1.29, 1.82) is 0 Å². The van der Waals surface area contributed by atoms with Crippen molar-refractivity contribution >= 4 is 19.7 Å². The number of carbonyl (C=O) groups is 2. The van der Waals surface area contributed by atoms with Crippen LogP contribution < -0.4 is 5.32 Å². The van der Waals surface area contributed by atoms with Crippen molar-refractivity contribution in [2.75, 3.05) is 40.9 Å². The van der Waals surface area contributed by atoms with Crippen LogP contribution in [0.1, 0.15) is 220 Å². The second-order valence-electron chi connectivity index (χ2n) is 19.0. The van der Waals surface area contributed by atoms with Gasteiger partial charge in [-0.25, -0.2) is 4.57 Å². The fourth-order valence-corrected chi connectivity index (χ4v) is 7.97. The Labute approximate surface area is 406 Å². The molecule has 0 aliphatic heterocycles. The highest BCUT2D eigenvalue weighted by Gasteiger charge is 2.30. The van der Waals surface area contributed by atoms with Gasteiger partial charge < -0.3 is 19.4 Å². The molecule has 0 rings (SSSR count). The van der Waals surface area contributed by atoms with Crippen molar-refractivity contribution in [2.24, 2.45) is 0 Å². The van der Waals surface area contributed by atoms with E-state index in [0.717, 1.165) is 109 Å². The van der Waals surface area contributed by atoms with E-state index >= 15 is 0 Å². The number of phosphoric acid groups is 1. The number of unbranched alkanes of at least 4 members (excludes halogenated alkanes) is 22. The average Bonchev–Trinajstić information content (AvgIpc) is 3.27. The van der Waals surface area contributed by atoms with E-state index < -0.39 is 20.0 Å². The fraction of sp³-hybridized carbons (Fsp3) is 0.750. The van der Waals surface area contributed by atoms with Gasteiger partial charge in [-0.2, -0.15) is 0 Å². The van der Waals surface area contributed by atoms with Crippen LogP contribution in [0.15, 0.2) is 72.9 Å². The van der Waals surface area contributed by atoms with Crippen molar-refractivity contribution in [2.45, 2.75) is 232 Å². The summed E-state index contributed by atoms with van der Waals surface area (Å²) in [4.78, 5) is 37.4. The van der Waals surface area contributed by atoms with E-state index in [2.05, 4.69) is 86.8 Å². The van der Waals surface area contributed by atoms with E-state index in [4.69, 9.17) is 13.8 Å². The van der Waals surface area contributed by atoms with Gasteiger partial charge >= 0.3 is 13.8 Å². The summed E-state index contributed by atoms with van der Waals surface area (Å²) in [5.41, 5.74) is 0. The molecule has 0 aliphatic carbocycles. The molecular weight excluding hydrogens is 844 g/mol. The van der Waals surface area contributed by atoms with E-state index in [0.29, 0.717) is 17.4 Å². The van der Waals surface area contributed by atoms with Crippen molar-refractivity contribution in [3.63, 3.8) is 0 Å². The molecule has 0 fully saturated rings. The maximum Gasteiger partial charge on any atom is 0.472 e. The number of hydrogen-bond donors (Lipinski definition) is 2. The second-order valence-corrected chi connectivity index (χ2v) is 20.5. The zero-order valence-electron chi connectivity index (χ0n) is 43.4. The zero-order chi connectivity index (χ0) is 48.7. The summed E-state index contributed by atoms with van der Waals surface area (Å²) >= 11 is 0. The minimum Gasteiger partial charge on any atom is -0.456 e. The molecule has 0 aromatic rings. The molecule has 66 heavy (non-hydrogen) atoms. The molecule has 0 radical (unpaired) electrons. The minimum atomic E-state index is -4.45. The third-order valence-corrected chi connectivity index (χ3v) is 12.4. The van der Waals surface area contributed by atoms with Gasteiger partial charge in [0.15, 0.2) is 0 Å². The number of allylic oxidation sites excluding steroid dienone is 11. The van der Waals surface area contributed by atoms with Gasteiger partial charge in [-0.3, -0.25) is 18.6 Å². The normalized spacial score (nSPS) is 14.5. The molecule has 0 saturated heterocycles. The lowest BCUT2D eigenvalue weighted by atomic mass is 10.1. The molecule has 0 aromatic heterocycles. The lowest BCUT2D eigenvalue weighted by molar-refractivity contribution is -0.870. The van der Waals surface area contributed by atoms with Crippen LogP contribution in [-0.4, -0.2) is 74.3 Å². The van der Waals surface area contributed by atoms with Crippen molar-refractivity contribution in [3.05, 3.63) is 72.9 Å². The molecular formula is C56H102N2O7P+. The van der Waals surface area contributed by atoms with E-state index in [-0.39, 0.29) is 31.5 Å². The van der Waals surface area contributed by atoms with Gasteiger partial charge in [0.1, 0.15) is 19.3 Å². The molecule has 0 bridgehead atoms. The molecule has 0 heterocycles. The first kappa shape index (κ1) is 63.5. The number of likely N-dealkylation sites (N-methyl/N-ethyl adjacent to an activating group) is 1.